The average Bonchev–Trinajstić information content (AvgIpc) is 2.85. The molecule has 2 aliphatic rings. The molecule has 11 heteroatoms. The molecule has 0 aliphatic carbocycles. The standard InChI is InChI=1S/C23H20FN5O4S/c1-31-13-8-15-20(16(24)9-13)33-18-4-3-12(7-14(18)23(15)5-6-34-22(25)29-23)28-21(30)17-10-27-19(32-2)11-26-17/h3-4,7-11H,5-6H2,1-2H3,(H2,25,29)(H,28,30). The molecule has 9 nitrogen and oxygen atoms in total. The number of hydrogen-bond acceptors (Lipinski definition) is 9. The van der Waals surface area contributed by atoms with Gasteiger partial charge in [-0.25, -0.2) is 19.4 Å². The van der Waals surface area contributed by atoms with E-state index in [0.29, 0.717) is 51.5 Å². The molecule has 1 unspecified atom stereocenters. The third kappa shape index (κ3) is 3.67. The van der Waals surface area contributed by atoms with Crippen molar-refractivity contribution in [3.8, 4) is 23.1 Å². The van der Waals surface area contributed by atoms with Gasteiger partial charge in [-0.15, -0.1) is 0 Å². The Bertz CT molecular complexity index is 1320. The smallest absolute Gasteiger partial charge is 0.275 e. The fourth-order valence-corrected chi connectivity index (χ4v) is 4.90. The maximum absolute atomic E-state index is 15.0. The Labute approximate surface area is 198 Å². The Kier molecular flexibility index (Phi) is 5.48. The third-order valence-electron chi connectivity index (χ3n) is 5.68. The molecule has 0 fully saturated rings. The highest BCUT2D eigenvalue weighted by Crippen LogP contribution is 2.54. The van der Waals surface area contributed by atoms with Crippen LogP contribution in [0.15, 0.2) is 47.7 Å². The number of nitrogens with zero attached hydrogens (tertiary/aromatic N) is 3. The molecule has 5 rings (SSSR count). The van der Waals surface area contributed by atoms with Gasteiger partial charge in [-0.05, 0) is 30.7 Å². The molecule has 0 saturated heterocycles. The van der Waals surface area contributed by atoms with Crippen molar-refractivity contribution in [2.45, 2.75) is 12.0 Å². The number of aliphatic imine (C=N–C) groups is 1. The highest BCUT2D eigenvalue weighted by molar-refractivity contribution is 8.13. The molecule has 3 N–H and O–H groups in total. The van der Waals surface area contributed by atoms with Gasteiger partial charge in [0, 0.05) is 28.6 Å². The van der Waals surface area contributed by atoms with Gasteiger partial charge >= 0.3 is 0 Å². The lowest BCUT2D eigenvalue weighted by Gasteiger charge is -2.39. The summed E-state index contributed by atoms with van der Waals surface area (Å²) in [6.45, 7) is 0. The van der Waals surface area contributed by atoms with Crippen LogP contribution in [0.1, 0.15) is 28.0 Å². The summed E-state index contributed by atoms with van der Waals surface area (Å²) in [6.07, 6.45) is 3.24. The number of hydrogen-bond donors (Lipinski definition) is 2. The third-order valence-corrected chi connectivity index (χ3v) is 6.47. The molecule has 1 aromatic heterocycles. The predicted octanol–water partition coefficient (Wildman–Crippen LogP) is 3.69. The van der Waals surface area contributed by atoms with Crippen LogP contribution in [0.25, 0.3) is 0 Å². The van der Waals surface area contributed by atoms with Gasteiger partial charge in [0.05, 0.1) is 26.6 Å². The minimum Gasteiger partial charge on any atom is -0.497 e. The number of amides is 1. The van der Waals surface area contributed by atoms with E-state index in [4.69, 9.17) is 24.9 Å². The Morgan fingerprint density at radius 3 is 2.74 bits per heavy atom. The summed E-state index contributed by atoms with van der Waals surface area (Å²) in [5.74, 6) is 0.835. The zero-order valence-electron chi connectivity index (χ0n) is 18.3. The molecule has 34 heavy (non-hydrogen) atoms. The second kappa shape index (κ2) is 8.49. The molecule has 1 atom stereocenters. The molecule has 1 spiro atoms. The Morgan fingerprint density at radius 2 is 2.03 bits per heavy atom. The molecule has 2 aromatic carbocycles. The van der Waals surface area contributed by atoms with Crippen molar-refractivity contribution in [2.75, 3.05) is 25.3 Å². The summed E-state index contributed by atoms with van der Waals surface area (Å²) in [4.78, 5) is 25.6. The quantitative estimate of drug-likeness (QED) is 0.579. The van der Waals surface area contributed by atoms with Gasteiger partial charge < -0.3 is 25.3 Å². The van der Waals surface area contributed by atoms with Crippen molar-refractivity contribution < 1.29 is 23.4 Å². The number of aromatic nitrogens is 2. The fourth-order valence-electron chi connectivity index (χ4n) is 4.08. The summed E-state index contributed by atoms with van der Waals surface area (Å²) in [6, 6.07) is 8.08. The second-order valence-corrected chi connectivity index (χ2v) is 8.72. The SMILES string of the molecule is COc1cc(F)c2c(c1)C1(CCSC(N)=N1)c1cc(NC(=O)c3cnc(OC)cn3)ccc1O2. The first-order valence-corrected chi connectivity index (χ1v) is 11.3. The van der Waals surface area contributed by atoms with E-state index in [0.717, 1.165) is 0 Å². The molecular formula is C23H20FN5O4S. The van der Waals surface area contributed by atoms with E-state index in [1.165, 1.54) is 44.4 Å². The van der Waals surface area contributed by atoms with Crippen LogP contribution in [0.3, 0.4) is 0 Å². The van der Waals surface area contributed by atoms with Crippen molar-refractivity contribution in [3.63, 3.8) is 0 Å². The van der Waals surface area contributed by atoms with E-state index >= 15 is 0 Å². The number of methoxy groups -OCH3 is 2. The first kappa shape index (κ1) is 22.0. The number of thioether (sulfide) groups is 1. The molecule has 0 bridgehead atoms. The van der Waals surface area contributed by atoms with Gasteiger partial charge in [-0.3, -0.25) is 4.79 Å². The average molecular weight is 482 g/mol. The summed E-state index contributed by atoms with van der Waals surface area (Å²) >= 11 is 1.43. The number of anilines is 1. The molecular weight excluding hydrogens is 461 g/mol. The zero-order chi connectivity index (χ0) is 23.9. The summed E-state index contributed by atoms with van der Waals surface area (Å²) in [7, 11) is 2.93. The minimum absolute atomic E-state index is 0.0852. The number of fused-ring (bicyclic) bond motifs is 4. The number of carbonyl (C=O) groups is 1. The molecule has 0 radical (unpaired) electrons. The summed E-state index contributed by atoms with van der Waals surface area (Å²) in [5.41, 5.74) is 6.93. The first-order chi connectivity index (χ1) is 16.4. The number of ether oxygens (including phenoxy) is 3. The monoisotopic (exact) mass is 481 g/mol. The molecule has 1 amide bonds. The van der Waals surface area contributed by atoms with Gasteiger partial charge in [0.25, 0.3) is 5.91 Å². The van der Waals surface area contributed by atoms with E-state index in [1.807, 2.05) is 0 Å². The van der Waals surface area contributed by atoms with Gasteiger partial charge in [0.1, 0.15) is 22.7 Å². The van der Waals surface area contributed by atoms with Gasteiger partial charge in [-0.1, -0.05) is 11.8 Å². The van der Waals surface area contributed by atoms with E-state index in [2.05, 4.69) is 15.3 Å². The Morgan fingerprint density at radius 1 is 1.18 bits per heavy atom. The number of nitrogens with one attached hydrogen (secondary N) is 1. The zero-order valence-corrected chi connectivity index (χ0v) is 19.1. The highest BCUT2D eigenvalue weighted by Gasteiger charge is 2.45. The van der Waals surface area contributed by atoms with Gasteiger partial charge in [0.15, 0.2) is 16.7 Å². The molecule has 2 aliphatic heterocycles. The Balaban J connectivity index is 1.58. The maximum atomic E-state index is 15.0. The van der Waals surface area contributed by atoms with Crippen molar-refractivity contribution in [1.29, 1.82) is 0 Å². The van der Waals surface area contributed by atoms with E-state index in [-0.39, 0.29) is 11.4 Å². The van der Waals surface area contributed by atoms with Gasteiger partial charge in [0.2, 0.25) is 5.88 Å². The number of benzene rings is 2. The van der Waals surface area contributed by atoms with Crippen LogP contribution in [0.4, 0.5) is 10.1 Å². The van der Waals surface area contributed by atoms with Crippen LogP contribution in [0.2, 0.25) is 0 Å². The number of halogens is 1. The largest absolute Gasteiger partial charge is 0.497 e. The number of nitrogens with two attached hydrogens (primary N) is 1. The minimum atomic E-state index is -0.992. The second-order valence-electron chi connectivity index (χ2n) is 7.61. The van der Waals surface area contributed by atoms with Crippen LogP contribution < -0.4 is 25.3 Å². The van der Waals surface area contributed by atoms with Crippen LogP contribution in [0.5, 0.6) is 23.1 Å². The predicted molar refractivity (Wildman–Crippen MR) is 125 cm³/mol. The van der Waals surface area contributed by atoms with Gasteiger partial charge in [-0.2, -0.15) is 0 Å². The first-order valence-electron chi connectivity index (χ1n) is 10.3. The lowest BCUT2D eigenvalue weighted by molar-refractivity contribution is 0.102. The van der Waals surface area contributed by atoms with Crippen LogP contribution >= 0.6 is 11.8 Å². The van der Waals surface area contributed by atoms with Crippen molar-refractivity contribution in [2.24, 2.45) is 10.7 Å². The lowest BCUT2D eigenvalue weighted by atomic mass is 9.78. The van der Waals surface area contributed by atoms with Crippen LogP contribution in [0, 0.1) is 5.82 Å². The number of carbonyl (C=O) groups excluding carboxylic acids is 1. The Hall–Kier alpha value is -3.86. The number of amidine groups is 1. The van der Waals surface area contributed by atoms with Crippen LogP contribution in [-0.4, -0.2) is 41.0 Å². The summed E-state index contributed by atoms with van der Waals surface area (Å²) in [5, 5.41) is 3.20. The van der Waals surface area contributed by atoms with Crippen LogP contribution in [-0.2, 0) is 5.54 Å². The molecule has 174 valence electrons. The topological polar surface area (TPSA) is 121 Å². The summed E-state index contributed by atoms with van der Waals surface area (Å²) < 4.78 is 31.2. The van der Waals surface area contributed by atoms with Crippen molar-refractivity contribution in [1.82, 2.24) is 9.97 Å². The fraction of sp³-hybridized carbons (Fsp3) is 0.217. The van der Waals surface area contributed by atoms with E-state index in [9.17, 15) is 9.18 Å². The lowest BCUT2D eigenvalue weighted by Crippen LogP contribution is -2.36. The highest BCUT2D eigenvalue weighted by atomic mass is 32.2. The molecule has 3 heterocycles. The van der Waals surface area contributed by atoms with Crippen molar-refractivity contribution in [3.05, 3.63) is 65.4 Å². The molecule has 3 aromatic rings. The maximum Gasteiger partial charge on any atom is 0.275 e. The normalized spacial score (nSPS) is 18.3. The molecule has 0 saturated carbocycles. The van der Waals surface area contributed by atoms with E-state index in [1.54, 1.807) is 24.3 Å². The number of rotatable bonds is 4. The van der Waals surface area contributed by atoms with E-state index < -0.39 is 17.3 Å². The van der Waals surface area contributed by atoms with Crippen molar-refractivity contribution >= 4 is 28.5 Å².